The third-order valence-electron chi connectivity index (χ3n) is 7.83. The highest BCUT2D eigenvalue weighted by molar-refractivity contribution is 5.53. The van der Waals surface area contributed by atoms with Crippen LogP contribution in [-0.2, 0) is 4.79 Å². The van der Waals surface area contributed by atoms with Gasteiger partial charge < -0.3 is 4.79 Å². The smallest absolute Gasteiger partial charge is 0.123 e. The number of hydrogen-bond acceptors (Lipinski definition) is 1. The predicted octanol–water partition coefficient (Wildman–Crippen LogP) is 7.97. The zero-order valence-electron chi connectivity index (χ0n) is 17.9. The molecule has 0 bridgehead atoms. The zero-order chi connectivity index (χ0) is 18.6. The lowest BCUT2D eigenvalue weighted by molar-refractivity contribution is -0.112. The highest BCUT2D eigenvalue weighted by Gasteiger charge is 2.26. The van der Waals surface area contributed by atoms with Gasteiger partial charge in [0.05, 0.1) is 0 Å². The average Bonchev–Trinajstić information content (AvgIpc) is 2.66. The molecular weight excluding hydrogens is 316 g/mol. The summed E-state index contributed by atoms with van der Waals surface area (Å²) in [4.78, 5) is 10.9. The van der Waals surface area contributed by atoms with Gasteiger partial charge in [-0.05, 0) is 36.5 Å². The first-order valence-electron chi connectivity index (χ1n) is 12.2. The van der Waals surface area contributed by atoms with E-state index in [-0.39, 0.29) is 0 Å². The molecule has 0 N–H and O–H groups in total. The molecule has 152 valence electrons. The Morgan fingerprint density at radius 2 is 1.35 bits per heavy atom. The molecule has 5 atom stereocenters. The van der Waals surface area contributed by atoms with Gasteiger partial charge in [0.1, 0.15) is 6.29 Å². The van der Waals surface area contributed by atoms with Crippen LogP contribution in [0.1, 0.15) is 123 Å². The molecule has 26 heavy (non-hydrogen) atoms. The second-order valence-electron chi connectivity index (χ2n) is 9.86. The van der Waals surface area contributed by atoms with Crippen LogP contribution in [0.4, 0.5) is 0 Å². The van der Waals surface area contributed by atoms with Gasteiger partial charge in [0.2, 0.25) is 0 Å². The standard InChI is InChI=1S/C25H46O/c1-21-13-11-18-25(22(21)2)17-10-8-6-4-3-5-7-9-14-23-15-12-16-24(19-23)20-26/h20-25H,3-19H2,1-2H3. The first kappa shape index (κ1) is 22.0. The molecule has 2 aliphatic rings. The first-order valence-corrected chi connectivity index (χ1v) is 12.2. The lowest BCUT2D eigenvalue weighted by Gasteiger charge is -2.34. The molecule has 0 spiro atoms. The Bertz CT molecular complexity index is 363. The lowest BCUT2D eigenvalue weighted by atomic mass is 9.72. The van der Waals surface area contributed by atoms with Crippen molar-refractivity contribution < 1.29 is 4.79 Å². The summed E-state index contributed by atoms with van der Waals surface area (Å²) >= 11 is 0. The molecule has 0 heterocycles. The zero-order valence-corrected chi connectivity index (χ0v) is 17.9. The van der Waals surface area contributed by atoms with Crippen LogP contribution in [0.5, 0.6) is 0 Å². The molecule has 2 fully saturated rings. The molecule has 0 radical (unpaired) electrons. The fourth-order valence-electron chi connectivity index (χ4n) is 5.72. The normalized spacial score (nSPS) is 32.5. The van der Waals surface area contributed by atoms with E-state index >= 15 is 0 Å². The maximum absolute atomic E-state index is 10.9. The minimum atomic E-state index is 0.383. The maximum Gasteiger partial charge on any atom is 0.123 e. The molecule has 1 nitrogen and oxygen atoms in total. The highest BCUT2D eigenvalue weighted by atomic mass is 16.1. The fourth-order valence-corrected chi connectivity index (χ4v) is 5.72. The Labute approximate surface area is 164 Å². The van der Waals surface area contributed by atoms with Crippen LogP contribution in [0.25, 0.3) is 0 Å². The van der Waals surface area contributed by atoms with E-state index in [0.717, 1.165) is 30.1 Å². The van der Waals surface area contributed by atoms with Gasteiger partial charge in [0.15, 0.2) is 0 Å². The number of hydrogen-bond donors (Lipinski definition) is 0. The van der Waals surface area contributed by atoms with Crippen LogP contribution < -0.4 is 0 Å². The van der Waals surface area contributed by atoms with E-state index in [1.54, 1.807) is 0 Å². The van der Waals surface area contributed by atoms with E-state index in [9.17, 15) is 4.79 Å². The van der Waals surface area contributed by atoms with Crippen molar-refractivity contribution >= 4 is 6.29 Å². The molecule has 0 saturated heterocycles. The van der Waals surface area contributed by atoms with Gasteiger partial charge in [-0.3, -0.25) is 0 Å². The maximum atomic E-state index is 10.9. The molecule has 0 aliphatic heterocycles. The molecule has 0 aromatic carbocycles. The van der Waals surface area contributed by atoms with Gasteiger partial charge in [-0.15, -0.1) is 0 Å². The summed E-state index contributed by atoms with van der Waals surface area (Å²) < 4.78 is 0. The SMILES string of the molecule is CC1CCCC(CCCCCCCCCCC2CCCC(C=O)C2)C1C. The summed E-state index contributed by atoms with van der Waals surface area (Å²) in [5, 5.41) is 0. The highest BCUT2D eigenvalue weighted by Crippen LogP contribution is 2.37. The summed E-state index contributed by atoms with van der Waals surface area (Å²) in [6.45, 7) is 4.96. The van der Waals surface area contributed by atoms with Gasteiger partial charge >= 0.3 is 0 Å². The van der Waals surface area contributed by atoms with Gasteiger partial charge in [0.25, 0.3) is 0 Å². The Balaban J connectivity index is 1.36. The molecule has 2 rings (SSSR count). The fraction of sp³-hybridized carbons (Fsp3) is 0.960. The van der Waals surface area contributed by atoms with E-state index in [4.69, 9.17) is 0 Å². The van der Waals surface area contributed by atoms with Crippen LogP contribution in [-0.4, -0.2) is 6.29 Å². The van der Waals surface area contributed by atoms with E-state index < -0.39 is 0 Å². The Kier molecular flexibility index (Phi) is 10.9. The minimum Gasteiger partial charge on any atom is -0.303 e. The molecule has 0 aromatic heterocycles. The minimum absolute atomic E-state index is 0.383. The number of aldehydes is 1. The second-order valence-corrected chi connectivity index (χ2v) is 9.86. The third kappa shape index (κ3) is 8.13. The third-order valence-corrected chi connectivity index (χ3v) is 7.83. The van der Waals surface area contributed by atoms with Crippen LogP contribution in [0.15, 0.2) is 0 Å². The van der Waals surface area contributed by atoms with Crippen molar-refractivity contribution in [2.24, 2.45) is 29.6 Å². The van der Waals surface area contributed by atoms with Crippen LogP contribution >= 0.6 is 0 Å². The predicted molar refractivity (Wildman–Crippen MR) is 113 cm³/mol. The van der Waals surface area contributed by atoms with Gasteiger partial charge in [-0.2, -0.15) is 0 Å². The van der Waals surface area contributed by atoms with Crippen molar-refractivity contribution in [2.75, 3.05) is 0 Å². The summed E-state index contributed by atoms with van der Waals surface area (Å²) in [5.74, 6) is 4.19. The van der Waals surface area contributed by atoms with E-state index in [1.807, 2.05) is 0 Å². The van der Waals surface area contributed by atoms with Gasteiger partial charge in [-0.1, -0.05) is 110 Å². The topological polar surface area (TPSA) is 17.1 Å². The molecule has 2 aliphatic carbocycles. The van der Waals surface area contributed by atoms with Crippen molar-refractivity contribution in [1.29, 1.82) is 0 Å². The molecule has 0 aromatic rings. The summed E-state index contributed by atoms with van der Waals surface area (Å²) in [6, 6.07) is 0. The molecule has 1 heteroatoms. The number of carbonyl (C=O) groups excluding carboxylic acids is 1. The van der Waals surface area contributed by atoms with Crippen molar-refractivity contribution in [3.63, 3.8) is 0 Å². The lowest BCUT2D eigenvalue weighted by Crippen LogP contribution is -2.23. The van der Waals surface area contributed by atoms with Gasteiger partial charge in [-0.25, -0.2) is 0 Å². The van der Waals surface area contributed by atoms with Crippen LogP contribution in [0, 0.1) is 29.6 Å². The van der Waals surface area contributed by atoms with Gasteiger partial charge in [0, 0.05) is 5.92 Å². The van der Waals surface area contributed by atoms with Crippen molar-refractivity contribution in [2.45, 2.75) is 123 Å². The largest absolute Gasteiger partial charge is 0.303 e. The Hall–Kier alpha value is -0.330. The molecule has 5 unspecified atom stereocenters. The quantitative estimate of drug-likeness (QED) is 0.254. The molecular formula is C25H46O. The van der Waals surface area contributed by atoms with Crippen LogP contribution in [0.3, 0.4) is 0 Å². The Morgan fingerprint density at radius 3 is 2.04 bits per heavy atom. The number of rotatable bonds is 12. The number of unbranched alkanes of at least 4 members (excludes halogenated alkanes) is 7. The first-order chi connectivity index (χ1) is 12.7. The monoisotopic (exact) mass is 362 g/mol. The van der Waals surface area contributed by atoms with Crippen LogP contribution in [0.2, 0.25) is 0 Å². The average molecular weight is 363 g/mol. The van der Waals surface area contributed by atoms with E-state index in [0.29, 0.717) is 5.92 Å². The van der Waals surface area contributed by atoms with Crippen molar-refractivity contribution in [3.05, 3.63) is 0 Å². The summed E-state index contributed by atoms with van der Waals surface area (Å²) in [6.07, 6.45) is 25.1. The van der Waals surface area contributed by atoms with E-state index in [2.05, 4.69) is 13.8 Å². The van der Waals surface area contributed by atoms with Crippen molar-refractivity contribution in [3.8, 4) is 0 Å². The van der Waals surface area contributed by atoms with E-state index in [1.165, 1.54) is 109 Å². The molecule has 0 amide bonds. The molecule has 2 saturated carbocycles. The van der Waals surface area contributed by atoms with Crippen molar-refractivity contribution in [1.82, 2.24) is 0 Å². The second kappa shape index (κ2) is 12.9. The summed E-state index contributed by atoms with van der Waals surface area (Å²) in [7, 11) is 0. The summed E-state index contributed by atoms with van der Waals surface area (Å²) in [5.41, 5.74) is 0. The Morgan fingerprint density at radius 1 is 0.731 bits per heavy atom. The number of carbonyl (C=O) groups is 1.